The van der Waals surface area contributed by atoms with Crippen LogP contribution in [0, 0.1) is 0 Å². The lowest BCUT2D eigenvalue weighted by Crippen LogP contribution is -2.27. The zero-order chi connectivity index (χ0) is 19.4. The van der Waals surface area contributed by atoms with E-state index in [9.17, 15) is 0 Å². The van der Waals surface area contributed by atoms with Gasteiger partial charge in [-0.1, -0.05) is 107 Å². The van der Waals surface area contributed by atoms with Crippen LogP contribution in [0.25, 0.3) is 0 Å². The normalized spacial score (nSPS) is 21.0. The van der Waals surface area contributed by atoms with Crippen molar-refractivity contribution in [3.05, 3.63) is 40.3 Å². The highest BCUT2D eigenvalue weighted by molar-refractivity contribution is 7.69. The molecule has 2 rings (SSSR count). The van der Waals surface area contributed by atoms with E-state index >= 15 is 0 Å². The van der Waals surface area contributed by atoms with E-state index in [4.69, 9.17) is 0 Å². The van der Waals surface area contributed by atoms with E-state index in [0.717, 1.165) is 0 Å². The second-order valence-corrected chi connectivity index (χ2v) is 18.7. The number of benzene rings is 1. The summed E-state index contributed by atoms with van der Waals surface area (Å²) in [6.07, 6.45) is 1.30. The summed E-state index contributed by atoms with van der Waals surface area (Å²) in [7, 11) is -1.35. The molecular weight excluding hydrogens is 335 g/mol. The van der Waals surface area contributed by atoms with Crippen molar-refractivity contribution in [2.75, 3.05) is 6.16 Å². The van der Waals surface area contributed by atoms with Gasteiger partial charge in [-0.2, -0.15) is 0 Å². The van der Waals surface area contributed by atoms with Crippen LogP contribution in [-0.2, 0) is 16.2 Å². The molecule has 0 saturated heterocycles. The SMILES string of the molecule is CC(C)(C)c1cc(C(C)(C)C)c2c(c1)C(C)(C)CP2/C=C/[Si](C)(C)C. The average molecular weight is 375 g/mol. The van der Waals surface area contributed by atoms with Gasteiger partial charge >= 0.3 is 0 Å². The molecule has 1 aliphatic heterocycles. The molecule has 0 spiro atoms. The van der Waals surface area contributed by atoms with Gasteiger partial charge in [-0.25, -0.2) is 0 Å². The Kier molecular flexibility index (Phi) is 5.31. The van der Waals surface area contributed by atoms with Crippen molar-refractivity contribution in [1.29, 1.82) is 0 Å². The highest BCUT2D eigenvalue weighted by atomic mass is 31.1. The Bertz CT molecular complexity index is 676. The lowest BCUT2D eigenvalue weighted by Gasteiger charge is -2.30. The molecule has 0 aromatic heterocycles. The Morgan fingerprint density at radius 1 is 0.960 bits per heavy atom. The lowest BCUT2D eigenvalue weighted by atomic mass is 9.75. The van der Waals surface area contributed by atoms with E-state index < -0.39 is 8.07 Å². The minimum Gasteiger partial charge on any atom is -0.0942 e. The van der Waals surface area contributed by atoms with Gasteiger partial charge < -0.3 is 0 Å². The van der Waals surface area contributed by atoms with Crippen LogP contribution in [0.4, 0.5) is 0 Å². The Labute approximate surface area is 159 Å². The van der Waals surface area contributed by atoms with Crippen LogP contribution in [0.3, 0.4) is 0 Å². The smallest absolute Gasteiger partial charge is 0.0687 e. The van der Waals surface area contributed by atoms with Crippen molar-refractivity contribution in [3.63, 3.8) is 0 Å². The molecule has 0 radical (unpaired) electrons. The highest BCUT2D eigenvalue weighted by Gasteiger charge is 2.40. The molecule has 0 nitrogen and oxygen atoms in total. The maximum Gasteiger partial charge on any atom is 0.0687 e. The molecule has 0 saturated carbocycles. The molecular formula is C23H39PSi. The molecule has 0 N–H and O–H groups in total. The van der Waals surface area contributed by atoms with Crippen molar-refractivity contribution < 1.29 is 0 Å². The van der Waals surface area contributed by atoms with Crippen molar-refractivity contribution in [2.24, 2.45) is 0 Å². The molecule has 1 aromatic carbocycles. The summed E-state index contributed by atoms with van der Waals surface area (Å²) in [6.45, 7) is 26.4. The summed E-state index contributed by atoms with van der Waals surface area (Å²) in [5.41, 5.74) is 7.96. The molecule has 1 unspecified atom stereocenters. The fraction of sp³-hybridized carbons (Fsp3) is 0.652. The third kappa shape index (κ3) is 4.66. The first-order valence-electron chi connectivity index (χ1n) is 9.68. The monoisotopic (exact) mass is 374 g/mol. The zero-order valence-corrected chi connectivity index (χ0v) is 20.4. The fourth-order valence-corrected chi connectivity index (χ4v) is 8.82. The number of fused-ring (bicyclic) bond motifs is 1. The van der Waals surface area contributed by atoms with E-state index in [2.05, 4.69) is 98.7 Å². The number of hydrogen-bond acceptors (Lipinski definition) is 0. The molecule has 1 atom stereocenters. The van der Waals surface area contributed by atoms with Crippen LogP contribution in [0.1, 0.15) is 72.1 Å². The molecule has 2 heteroatoms. The molecule has 1 heterocycles. The van der Waals surface area contributed by atoms with Gasteiger partial charge in [0.1, 0.15) is 0 Å². The van der Waals surface area contributed by atoms with Gasteiger partial charge in [0.15, 0.2) is 0 Å². The Morgan fingerprint density at radius 2 is 1.52 bits per heavy atom. The maximum absolute atomic E-state index is 2.61. The Morgan fingerprint density at radius 3 is 1.96 bits per heavy atom. The average Bonchev–Trinajstić information content (AvgIpc) is 2.64. The molecule has 140 valence electrons. The largest absolute Gasteiger partial charge is 0.0942 e. The van der Waals surface area contributed by atoms with Crippen LogP contribution in [-0.4, -0.2) is 14.2 Å². The Hall–Kier alpha value is -0.393. The van der Waals surface area contributed by atoms with E-state index in [0.29, 0.717) is 0 Å². The van der Waals surface area contributed by atoms with Gasteiger partial charge in [-0.05, 0) is 44.4 Å². The lowest BCUT2D eigenvalue weighted by molar-refractivity contribution is 0.560. The first kappa shape index (κ1) is 20.9. The third-order valence-corrected chi connectivity index (χ3v) is 9.26. The maximum atomic E-state index is 2.61. The first-order chi connectivity index (χ1) is 11.0. The van der Waals surface area contributed by atoms with Gasteiger partial charge in [0, 0.05) is 0 Å². The molecule has 25 heavy (non-hydrogen) atoms. The summed E-state index contributed by atoms with van der Waals surface area (Å²) in [4.78, 5) is 0. The zero-order valence-electron chi connectivity index (χ0n) is 18.5. The van der Waals surface area contributed by atoms with Gasteiger partial charge in [0.2, 0.25) is 0 Å². The van der Waals surface area contributed by atoms with E-state index in [-0.39, 0.29) is 24.2 Å². The highest BCUT2D eigenvalue weighted by Crippen LogP contribution is 2.54. The summed E-state index contributed by atoms with van der Waals surface area (Å²) >= 11 is 0. The first-order valence-corrected chi connectivity index (χ1v) is 14.9. The number of hydrogen-bond donors (Lipinski definition) is 0. The van der Waals surface area contributed by atoms with Crippen molar-refractivity contribution in [3.8, 4) is 0 Å². The van der Waals surface area contributed by atoms with E-state index in [1.165, 1.54) is 11.7 Å². The summed E-state index contributed by atoms with van der Waals surface area (Å²) in [5.74, 6) is 2.61. The third-order valence-electron chi connectivity index (χ3n) is 5.12. The molecule has 0 amide bonds. The minimum atomic E-state index is -1.16. The number of rotatable bonds is 2. The molecule has 1 aliphatic rings. The van der Waals surface area contributed by atoms with Crippen molar-refractivity contribution >= 4 is 21.3 Å². The van der Waals surface area contributed by atoms with Crippen LogP contribution in [0.15, 0.2) is 23.6 Å². The molecule has 0 aliphatic carbocycles. The summed E-state index contributed by atoms with van der Waals surface area (Å²) in [6, 6.07) is 5.06. The summed E-state index contributed by atoms with van der Waals surface area (Å²) < 4.78 is 0. The van der Waals surface area contributed by atoms with E-state index in [1.807, 2.05) is 0 Å². The Balaban J connectivity index is 2.73. The van der Waals surface area contributed by atoms with E-state index in [1.54, 1.807) is 16.4 Å². The second-order valence-electron chi connectivity index (χ2n) is 11.6. The van der Waals surface area contributed by atoms with Crippen LogP contribution in [0.5, 0.6) is 0 Å². The van der Waals surface area contributed by atoms with Crippen LogP contribution < -0.4 is 5.30 Å². The molecule has 1 aromatic rings. The van der Waals surface area contributed by atoms with Crippen LogP contribution in [0.2, 0.25) is 19.6 Å². The predicted octanol–water partition coefficient (Wildman–Crippen LogP) is 7.07. The minimum absolute atomic E-state index is 0.192. The topological polar surface area (TPSA) is 0 Å². The van der Waals surface area contributed by atoms with Gasteiger partial charge in [0.25, 0.3) is 0 Å². The van der Waals surface area contributed by atoms with Crippen molar-refractivity contribution in [1.82, 2.24) is 0 Å². The second kappa shape index (κ2) is 6.34. The predicted molar refractivity (Wildman–Crippen MR) is 121 cm³/mol. The van der Waals surface area contributed by atoms with Crippen LogP contribution >= 0.6 is 7.92 Å². The standard InChI is InChI=1S/C23H39PSi/c1-21(2,3)17-14-18(22(4,5)6)20-19(15-17)23(7,8)16-24(20)12-13-25(9,10)11/h12-15H,16H2,1-11H3/b13-12+. The molecule has 0 bridgehead atoms. The van der Waals surface area contributed by atoms with Gasteiger partial charge in [-0.15, -0.1) is 0 Å². The van der Waals surface area contributed by atoms with Gasteiger partial charge in [0.05, 0.1) is 8.07 Å². The summed E-state index contributed by atoms with van der Waals surface area (Å²) in [5, 5.41) is 1.69. The molecule has 0 fully saturated rings. The quantitative estimate of drug-likeness (QED) is 0.383. The van der Waals surface area contributed by atoms with Gasteiger partial charge in [-0.3, -0.25) is 0 Å². The fourth-order valence-electron chi connectivity index (χ4n) is 3.50. The van der Waals surface area contributed by atoms with Crippen molar-refractivity contribution in [2.45, 2.75) is 91.3 Å².